The number of aliphatic hydroxyl groups excluding tert-OH is 2. The molecule has 0 spiro atoms. The maximum Gasteiger partial charge on any atom is 0.335 e. The molecular formula is C24H32O5. The Morgan fingerprint density at radius 1 is 1.10 bits per heavy atom. The molecule has 5 nitrogen and oxygen atoms in total. The molecule has 0 amide bonds. The molecule has 1 aromatic rings. The number of fused-ring (bicyclic) bond motifs is 5. The average Bonchev–Trinajstić information content (AvgIpc) is 3.00. The fourth-order valence-electron chi connectivity index (χ4n) is 7.87. The smallest absolute Gasteiger partial charge is 0.335 e. The van der Waals surface area contributed by atoms with Crippen molar-refractivity contribution in [3.8, 4) is 0 Å². The summed E-state index contributed by atoms with van der Waals surface area (Å²) in [6, 6.07) is 3.34. The fourth-order valence-corrected chi connectivity index (χ4v) is 7.87. The monoisotopic (exact) mass is 400 g/mol. The first kappa shape index (κ1) is 19.5. The second-order valence-corrected chi connectivity index (χ2v) is 10.2. The molecule has 0 bridgehead atoms. The Kier molecular flexibility index (Phi) is 4.40. The Morgan fingerprint density at radius 3 is 2.66 bits per heavy atom. The van der Waals surface area contributed by atoms with Gasteiger partial charge in [-0.3, -0.25) is 0 Å². The van der Waals surface area contributed by atoms with Crippen molar-refractivity contribution in [2.75, 3.05) is 6.61 Å². The highest BCUT2D eigenvalue weighted by molar-refractivity contribution is 5.31. The molecule has 3 saturated carbocycles. The van der Waals surface area contributed by atoms with Gasteiger partial charge < -0.3 is 19.7 Å². The zero-order valence-corrected chi connectivity index (χ0v) is 17.1. The standard InChI is InChI=1S/C24H32O5/c1-22-9-7-19-20(4-3-16-12-17(26)6-10-23(16,19)14-25)24(22,28)11-8-18(22)15-2-5-21(27)29-13-15/h2,5,12-13,17-20,25-26,28H,3-4,6-11,14H2,1H3/t17-,18+,19-,20+,22+,23+,24-/m0/s1. The van der Waals surface area contributed by atoms with E-state index in [2.05, 4.69) is 6.92 Å². The van der Waals surface area contributed by atoms with Gasteiger partial charge in [0, 0.05) is 16.9 Å². The molecule has 5 heteroatoms. The van der Waals surface area contributed by atoms with E-state index >= 15 is 0 Å². The summed E-state index contributed by atoms with van der Waals surface area (Å²) in [5.41, 5.74) is 0.561. The van der Waals surface area contributed by atoms with Crippen molar-refractivity contribution < 1.29 is 19.7 Å². The van der Waals surface area contributed by atoms with Crippen LogP contribution in [0.25, 0.3) is 0 Å². The summed E-state index contributed by atoms with van der Waals surface area (Å²) in [6.45, 7) is 2.32. The third-order valence-electron chi connectivity index (χ3n) is 9.41. The van der Waals surface area contributed by atoms with Gasteiger partial charge in [-0.25, -0.2) is 4.79 Å². The van der Waals surface area contributed by atoms with Gasteiger partial charge >= 0.3 is 5.63 Å². The molecule has 3 fully saturated rings. The van der Waals surface area contributed by atoms with E-state index in [0.29, 0.717) is 6.42 Å². The Labute approximate surface area is 171 Å². The highest BCUT2D eigenvalue weighted by atomic mass is 16.4. The van der Waals surface area contributed by atoms with Gasteiger partial charge in [0.1, 0.15) is 0 Å². The van der Waals surface area contributed by atoms with Crippen molar-refractivity contribution in [3.05, 3.63) is 46.0 Å². The highest BCUT2D eigenvalue weighted by Gasteiger charge is 2.67. The summed E-state index contributed by atoms with van der Waals surface area (Å²) in [5.74, 6) is 0.583. The van der Waals surface area contributed by atoms with Crippen LogP contribution < -0.4 is 5.63 Å². The van der Waals surface area contributed by atoms with E-state index in [4.69, 9.17) is 4.42 Å². The lowest BCUT2D eigenvalue weighted by Gasteiger charge is -2.62. The van der Waals surface area contributed by atoms with Crippen molar-refractivity contribution in [3.63, 3.8) is 0 Å². The molecular weight excluding hydrogens is 368 g/mol. The summed E-state index contributed by atoms with van der Waals surface area (Å²) >= 11 is 0. The summed E-state index contributed by atoms with van der Waals surface area (Å²) in [5, 5.41) is 32.8. The van der Waals surface area contributed by atoms with Gasteiger partial charge in [-0.15, -0.1) is 0 Å². The molecule has 1 heterocycles. The van der Waals surface area contributed by atoms with Crippen molar-refractivity contribution >= 4 is 0 Å². The normalized spacial score (nSPS) is 46.4. The van der Waals surface area contributed by atoms with Gasteiger partial charge in [-0.05, 0) is 80.8 Å². The molecule has 5 rings (SSSR count). The van der Waals surface area contributed by atoms with E-state index in [9.17, 15) is 20.1 Å². The Bertz CT molecular complexity index is 869. The largest absolute Gasteiger partial charge is 0.431 e. The van der Waals surface area contributed by atoms with Crippen LogP contribution >= 0.6 is 0 Å². The van der Waals surface area contributed by atoms with Gasteiger partial charge in [0.25, 0.3) is 0 Å². The molecule has 29 heavy (non-hydrogen) atoms. The van der Waals surface area contributed by atoms with Gasteiger partial charge in [0.2, 0.25) is 0 Å². The average molecular weight is 401 g/mol. The second-order valence-electron chi connectivity index (χ2n) is 10.2. The maximum absolute atomic E-state index is 12.2. The molecule has 4 aliphatic carbocycles. The van der Waals surface area contributed by atoms with Crippen LogP contribution in [0.1, 0.15) is 69.8 Å². The van der Waals surface area contributed by atoms with Crippen LogP contribution in [0.2, 0.25) is 0 Å². The topological polar surface area (TPSA) is 90.9 Å². The molecule has 1 aromatic heterocycles. The zero-order valence-electron chi connectivity index (χ0n) is 17.1. The number of hydrogen-bond acceptors (Lipinski definition) is 5. The van der Waals surface area contributed by atoms with E-state index in [0.717, 1.165) is 50.5 Å². The van der Waals surface area contributed by atoms with Gasteiger partial charge in [0.15, 0.2) is 0 Å². The predicted octanol–water partition coefficient (Wildman–Crippen LogP) is 3.13. The van der Waals surface area contributed by atoms with Gasteiger partial charge in [-0.2, -0.15) is 0 Å². The van der Waals surface area contributed by atoms with E-state index in [1.54, 1.807) is 6.26 Å². The predicted molar refractivity (Wildman–Crippen MR) is 108 cm³/mol. The minimum absolute atomic E-state index is 0.104. The molecule has 158 valence electrons. The molecule has 0 aromatic carbocycles. The Hall–Kier alpha value is -1.43. The molecule has 0 unspecified atom stereocenters. The zero-order chi connectivity index (χ0) is 20.4. The fraction of sp³-hybridized carbons (Fsp3) is 0.708. The first-order valence-electron chi connectivity index (χ1n) is 11.2. The van der Waals surface area contributed by atoms with Crippen molar-refractivity contribution in [1.29, 1.82) is 0 Å². The summed E-state index contributed by atoms with van der Waals surface area (Å²) < 4.78 is 5.15. The number of aliphatic hydroxyl groups is 3. The van der Waals surface area contributed by atoms with Crippen LogP contribution in [-0.4, -0.2) is 33.6 Å². The van der Waals surface area contributed by atoms with Crippen molar-refractivity contribution in [1.82, 2.24) is 0 Å². The summed E-state index contributed by atoms with van der Waals surface area (Å²) in [7, 11) is 0. The van der Waals surface area contributed by atoms with E-state index in [-0.39, 0.29) is 40.8 Å². The lowest BCUT2D eigenvalue weighted by molar-refractivity contribution is -0.185. The van der Waals surface area contributed by atoms with Crippen molar-refractivity contribution in [2.24, 2.45) is 22.7 Å². The molecule has 4 aliphatic rings. The van der Waals surface area contributed by atoms with E-state index in [1.165, 1.54) is 11.6 Å². The number of rotatable bonds is 2. The Balaban J connectivity index is 1.52. The minimum Gasteiger partial charge on any atom is -0.431 e. The molecule has 0 aliphatic heterocycles. The minimum atomic E-state index is -0.777. The second kappa shape index (κ2) is 6.53. The molecule has 7 atom stereocenters. The lowest BCUT2D eigenvalue weighted by Crippen LogP contribution is -2.61. The third kappa shape index (κ3) is 2.53. The first-order chi connectivity index (χ1) is 13.8. The summed E-state index contributed by atoms with van der Waals surface area (Å²) in [4.78, 5) is 11.4. The first-order valence-corrected chi connectivity index (χ1v) is 11.2. The quantitative estimate of drug-likeness (QED) is 0.664. The van der Waals surface area contributed by atoms with Crippen LogP contribution in [-0.2, 0) is 0 Å². The summed E-state index contributed by atoms with van der Waals surface area (Å²) in [6.07, 6.45) is 9.92. The number of hydrogen-bond donors (Lipinski definition) is 3. The van der Waals surface area contributed by atoms with Crippen LogP contribution in [0.15, 0.2) is 39.3 Å². The van der Waals surface area contributed by atoms with E-state index in [1.807, 2.05) is 12.1 Å². The van der Waals surface area contributed by atoms with Crippen LogP contribution in [0, 0.1) is 22.7 Å². The van der Waals surface area contributed by atoms with E-state index < -0.39 is 11.7 Å². The van der Waals surface area contributed by atoms with Crippen molar-refractivity contribution in [2.45, 2.75) is 75.9 Å². The SMILES string of the molecule is C[C@]12CC[C@H]3[C@@H](CCC4=C[C@@H](O)CC[C@@]43CO)[C@@]1(O)CC[C@@H]2c1ccc(=O)oc1. The van der Waals surface area contributed by atoms with Gasteiger partial charge in [-0.1, -0.05) is 18.6 Å². The third-order valence-corrected chi connectivity index (χ3v) is 9.41. The maximum atomic E-state index is 12.2. The lowest BCUT2D eigenvalue weighted by atomic mass is 9.44. The highest BCUT2D eigenvalue weighted by Crippen LogP contribution is 2.70. The molecule has 0 saturated heterocycles. The molecule has 3 N–H and O–H groups in total. The van der Waals surface area contributed by atoms with Crippen LogP contribution in [0.4, 0.5) is 0 Å². The van der Waals surface area contributed by atoms with Gasteiger partial charge in [0.05, 0.1) is 24.6 Å². The molecule has 0 radical (unpaired) electrons. The van der Waals surface area contributed by atoms with Crippen LogP contribution in [0.3, 0.4) is 0 Å². The van der Waals surface area contributed by atoms with Crippen LogP contribution in [0.5, 0.6) is 0 Å². The Morgan fingerprint density at radius 2 is 1.93 bits per heavy atom.